The minimum absolute atomic E-state index is 0.468. The molecule has 3 N–H and O–H groups in total. The van der Waals surface area contributed by atoms with Crippen LogP contribution in [0.15, 0.2) is 4.99 Å². The Hall–Kier alpha value is -0.730. The van der Waals surface area contributed by atoms with Crippen LogP contribution in [-0.2, 0) is 0 Å². The lowest BCUT2D eigenvalue weighted by Crippen LogP contribution is -2.27. The van der Waals surface area contributed by atoms with Gasteiger partial charge in [0.25, 0.3) is 0 Å². The zero-order valence-electron chi connectivity index (χ0n) is 4.02. The molecule has 0 fully saturated rings. The Morgan fingerprint density at radius 3 is 2.33 bits per heavy atom. The predicted octanol–water partition coefficient (Wildman–Crippen LogP) is -0.850. The second kappa shape index (κ2) is 2.50. The molecular formula is C3H9N3. The SMILES string of the molecule is CN=C(N)NC. The highest BCUT2D eigenvalue weighted by atomic mass is 15.1. The van der Waals surface area contributed by atoms with Crippen molar-refractivity contribution in [3.8, 4) is 0 Å². The molecule has 3 nitrogen and oxygen atoms in total. The summed E-state index contributed by atoms with van der Waals surface area (Å²) in [6.07, 6.45) is 0. The van der Waals surface area contributed by atoms with E-state index in [9.17, 15) is 0 Å². The molecule has 36 valence electrons. The van der Waals surface area contributed by atoms with Crippen molar-refractivity contribution < 1.29 is 0 Å². The van der Waals surface area contributed by atoms with Gasteiger partial charge in [-0.25, -0.2) is 0 Å². The Bertz CT molecular complexity index is 57.1. The normalized spacial score (nSPS) is 11.3. The first-order chi connectivity index (χ1) is 2.81. The third-order valence-corrected chi connectivity index (χ3v) is 0.497. The van der Waals surface area contributed by atoms with Crippen molar-refractivity contribution in [3.05, 3.63) is 0 Å². The Kier molecular flexibility index (Phi) is 2.20. The summed E-state index contributed by atoms with van der Waals surface area (Å²) >= 11 is 0. The van der Waals surface area contributed by atoms with Gasteiger partial charge in [0, 0.05) is 14.1 Å². The van der Waals surface area contributed by atoms with E-state index in [0.717, 1.165) is 0 Å². The Morgan fingerprint density at radius 1 is 1.83 bits per heavy atom. The summed E-state index contributed by atoms with van der Waals surface area (Å²) in [4.78, 5) is 3.59. The molecule has 6 heavy (non-hydrogen) atoms. The molecule has 0 bridgehead atoms. The van der Waals surface area contributed by atoms with E-state index < -0.39 is 0 Å². The third kappa shape index (κ3) is 1.58. The summed E-state index contributed by atoms with van der Waals surface area (Å²) in [6, 6.07) is 0. The highest BCUT2D eigenvalue weighted by molar-refractivity contribution is 5.77. The van der Waals surface area contributed by atoms with Crippen molar-refractivity contribution in [2.75, 3.05) is 14.1 Å². The van der Waals surface area contributed by atoms with Gasteiger partial charge in [-0.05, 0) is 0 Å². The van der Waals surface area contributed by atoms with Gasteiger partial charge in [-0.3, -0.25) is 4.99 Å². The summed E-state index contributed by atoms with van der Waals surface area (Å²) in [5.74, 6) is 0.468. The fraction of sp³-hybridized carbons (Fsp3) is 0.667. The van der Waals surface area contributed by atoms with E-state index in [1.54, 1.807) is 14.1 Å². The van der Waals surface area contributed by atoms with Crippen LogP contribution in [0.4, 0.5) is 0 Å². The second-order valence-electron chi connectivity index (χ2n) is 0.859. The maximum atomic E-state index is 5.11. The standard InChI is InChI=1S/C3H9N3/c1-5-3(4)6-2/h1-2H3,(H3,4,5,6). The number of hydrogen-bond acceptors (Lipinski definition) is 1. The molecule has 0 aliphatic heterocycles. The highest BCUT2D eigenvalue weighted by Crippen LogP contribution is 1.48. The van der Waals surface area contributed by atoms with E-state index in [4.69, 9.17) is 5.73 Å². The number of nitrogens with one attached hydrogen (secondary N) is 1. The van der Waals surface area contributed by atoms with Crippen LogP contribution < -0.4 is 11.1 Å². The van der Waals surface area contributed by atoms with Crippen LogP contribution in [0.5, 0.6) is 0 Å². The van der Waals surface area contributed by atoms with Crippen LogP contribution in [-0.4, -0.2) is 20.1 Å². The van der Waals surface area contributed by atoms with Gasteiger partial charge in [0.15, 0.2) is 5.96 Å². The molecule has 0 amide bonds. The first-order valence-corrected chi connectivity index (χ1v) is 1.71. The van der Waals surface area contributed by atoms with Crippen LogP contribution in [0.25, 0.3) is 0 Å². The zero-order valence-corrected chi connectivity index (χ0v) is 4.02. The number of guanidine groups is 1. The van der Waals surface area contributed by atoms with E-state index in [0.29, 0.717) is 5.96 Å². The van der Waals surface area contributed by atoms with Crippen molar-refractivity contribution >= 4 is 5.96 Å². The molecule has 0 aromatic rings. The summed E-state index contributed by atoms with van der Waals surface area (Å²) < 4.78 is 0. The summed E-state index contributed by atoms with van der Waals surface area (Å²) in [5.41, 5.74) is 5.11. The third-order valence-electron chi connectivity index (χ3n) is 0.497. The molecule has 0 unspecified atom stereocenters. The van der Waals surface area contributed by atoms with Gasteiger partial charge in [0.05, 0.1) is 0 Å². The molecule has 0 spiro atoms. The van der Waals surface area contributed by atoms with Crippen molar-refractivity contribution in [3.63, 3.8) is 0 Å². The molecule has 0 saturated carbocycles. The van der Waals surface area contributed by atoms with Crippen LogP contribution in [0.2, 0.25) is 0 Å². The maximum absolute atomic E-state index is 5.11. The molecule has 0 aliphatic rings. The molecule has 0 saturated heterocycles. The number of nitrogens with two attached hydrogens (primary N) is 1. The van der Waals surface area contributed by atoms with Crippen LogP contribution in [0.3, 0.4) is 0 Å². The quantitative estimate of drug-likeness (QED) is 0.298. The lowest BCUT2D eigenvalue weighted by atomic mass is 11.0. The van der Waals surface area contributed by atoms with Gasteiger partial charge in [-0.15, -0.1) is 0 Å². The first kappa shape index (κ1) is 5.27. The van der Waals surface area contributed by atoms with E-state index in [1.807, 2.05) is 0 Å². The Balaban J connectivity index is 3.22. The second-order valence-corrected chi connectivity index (χ2v) is 0.859. The highest BCUT2D eigenvalue weighted by Gasteiger charge is 1.71. The van der Waals surface area contributed by atoms with Gasteiger partial charge in [0.1, 0.15) is 0 Å². The molecule has 0 rings (SSSR count). The predicted molar refractivity (Wildman–Crippen MR) is 26.6 cm³/mol. The maximum Gasteiger partial charge on any atom is 0.188 e. The van der Waals surface area contributed by atoms with E-state index in [2.05, 4.69) is 10.3 Å². The van der Waals surface area contributed by atoms with Crippen LogP contribution in [0.1, 0.15) is 0 Å². The summed E-state index contributed by atoms with van der Waals surface area (Å²) in [5, 5.41) is 2.64. The lowest BCUT2D eigenvalue weighted by molar-refractivity contribution is 1.12. The van der Waals surface area contributed by atoms with Gasteiger partial charge in [-0.1, -0.05) is 0 Å². The Morgan fingerprint density at radius 2 is 2.33 bits per heavy atom. The minimum Gasteiger partial charge on any atom is -0.370 e. The monoisotopic (exact) mass is 87.1 g/mol. The van der Waals surface area contributed by atoms with Crippen LogP contribution in [0, 0.1) is 0 Å². The molecule has 3 heteroatoms. The van der Waals surface area contributed by atoms with E-state index in [-0.39, 0.29) is 0 Å². The summed E-state index contributed by atoms with van der Waals surface area (Å²) in [7, 11) is 3.36. The average molecular weight is 87.1 g/mol. The number of aliphatic imine (C=N–C) groups is 1. The number of nitrogens with zero attached hydrogens (tertiary/aromatic N) is 1. The largest absolute Gasteiger partial charge is 0.370 e. The van der Waals surface area contributed by atoms with E-state index in [1.165, 1.54) is 0 Å². The van der Waals surface area contributed by atoms with Crippen molar-refractivity contribution in [1.29, 1.82) is 0 Å². The molecule has 0 aromatic heterocycles. The smallest absolute Gasteiger partial charge is 0.188 e. The summed E-state index contributed by atoms with van der Waals surface area (Å²) in [6.45, 7) is 0. The van der Waals surface area contributed by atoms with Crippen molar-refractivity contribution in [2.24, 2.45) is 10.7 Å². The molecule has 0 atom stereocenters. The van der Waals surface area contributed by atoms with Crippen LogP contribution >= 0.6 is 0 Å². The fourth-order valence-corrected chi connectivity index (χ4v) is 0.112. The van der Waals surface area contributed by atoms with Crippen molar-refractivity contribution in [1.82, 2.24) is 5.32 Å². The van der Waals surface area contributed by atoms with Gasteiger partial charge >= 0.3 is 0 Å². The number of rotatable bonds is 0. The lowest BCUT2D eigenvalue weighted by Gasteiger charge is -1.90. The van der Waals surface area contributed by atoms with E-state index >= 15 is 0 Å². The molecule has 0 heterocycles. The van der Waals surface area contributed by atoms with Gasteiger partial charge in [0.2, 0.25) is 0 Å². The number of hydrogen-bond donors (Lipinski definition) is 2. The molecular weight excluding hydrogens is 78.1 g/mol. The molecule has 0 aliphatic carbocycles. The average Bonchev–Trinajstić information content (AvgIpc) is 1.65. The first-order valence-electron chi connectivity index (χ1n) is 1.71. The zero-order chi connectivity index (χ0) is 4.99. The Labute approximate surface area is 37.3 Å². The van der Waals surface area contributed by atoms with Crippen molar-refractivity contribution in [2.45, 2.75) is 0 Å². The topological polar surface area (TPSA) is 50.4 Å². The fourth-order valence-electron chi connectivity index (χ4n) is 0.112. The van der Waals surface area contributed by atoms with Gasteiger partial charge in [-0.2, -0.15) is 0 Å². The van der Waals surface area contributed by atoms with Gasteiger partial charge < -0.3 is 11.1 Å². The minimum atomic E-state index is 0.468. The molecule has 0 aromatic carbocycles. The molecule has 0 radical (unpaired) electrons.